The van der Waals surface area contributed by atoms with E-state index in [0.29, 0.717) is 26.3 Å². The molecule has 1 aromatic carbocycles. The predicted molar refractivity (Wildman–Crippen MR) is 122 cm³/mol. The Labute approximate surface area is 197 Å². The Morgan fingerprint density at radius 2 is 2.06 bits per heavy atom. The van der Waals surface area contributed by atoms with Crippen molar-refractivity contribution in [2.24, 2.45) is 7.05 Å². The lowest BCUT2D eigenvalue weighted by molar-refractivity contribution is -0.141. The number of carbonyl (C=O) groups is 2. The minimum Gasteiger partial charge on any atom is -0.486 e. The van der Waals surface area contributed by atoms with Gasteiger partial charge in [0.05, 0.1) is 12.2 Å². The van der Waals surface area contributed by atoms with Crippen LogP contribution in [-0.2, 0) is 46.5 Å². The number of piperidine rings is 1. The first kappa shape index (κ1) is 23.5. The molecular formula is C24H29N5O5. The number of fused-ring (bicyclic) bond motifs is 2. The van der Waals surface area contributed by atoms with Crippen LogP contribution in [0.4, 0.5) is 0 Å². The number of likely N-dealkylation sites (tertiary alicyclic amines) is 1. The van der Waals surface area contributed by atoms with Crippen molar-refractivity contribution in [1.82, 2.24) is 24.2 Å². The molecule has 34 heavy (non-hydrogen) atoms. The van der Waals surface area contributed by atoms with Crippen molar-refractivity contribution in [2.45, 2.75) is 38.0 Å². The third kappa shape index (κ3) is 5.12. The zero-order valence-corrected chi connectivity index (χ0v) is 19.2. The molecule has 2 aliphatic heterocycles. The molecule has 180 valence electrons. The Kier molecular flexibility index (Phi) is 7.27. The lowest BCUT2D eigenvalue weighted by Crippen LogP contribution is -2.49. The fourth-order valence-electron chi connectivity index (χ4n) is 4.59. The van der Waals surface area contributed by atoms with Gasteiger partial charge in [-0.25, -0.2) is 4.98 Å². The van der Waals surface area contributed by atoms with Gasteiger partial charge in [-0.2, -0.15) is 5.10 Å². The maximum Gasteiger partial charge on any atom is 0.290 e. The highest BCUT2D eigenvalue weighted by molar-refractivity contribution is 5.76. The number of carbonyl (C=O) groups excluding carboxylic acids is 1. The van der Waals surface area contributed by atoms with Crippen molar-refractivity contribution < 1.29 is 24.2 Å². The van der Waals surface area contributed by atoms with Crippen LogP contribution in [0.25, 0.3) is 0 Å². The number of aromatic nitrogens is 4. The maximum absolute atomic E-state index is 12.6. The van der Waals surface area contributed by atoms with E-state index < -0.39 is 0 Å². The first-order chi connectivity index (χ1) is 16.5. The molecule has 10 heteroatoms. The van der Waals surface area contributed by atoms with E-state index >= 15 is 0 Å². The van der Waals surface area contributed by atoms with Crippen LogP contribution in [0.15, 0.2) is 49.1 Å². The average Bonchev–Trinajstić information content (AvgIpc) is 3.50. The number of amides is 1. The molecule has 5 rings (SSSR count). The molecule has 2 aliphatic rings. The molecule has 2 aromatic heterocycles. The lowest BCUT2D eigenvalue weighted by Gasteiger charge is -2.45. The van der Waals surface area contributed by atoms with E-state index in [9.17, 15) is 4.79 Å². The van der Waals surface area contributed by atoms with Gasteiger partial charge in [0, 0.05) is 44.9 Å². The lowest BCUT2D eigenvalue weighted by atomic mass is 9.79. The molecule has 10 nitrogen and oxygen atoms in total. The zero-order valence-electron chi connectivity index (χ0n) is 19.2. The van der Waals surface area contributed by atoms with Gasteiger partial charge in [-0.15, -0.1) is 0 Å². The Bertz CT molecular complexity index is 1100. The minimum atomic E-state index is -0.311. The van der Waals surface area contributed by atoms with Crippen molar-refractivity contribution >= 4 is 12.4 Å². The number of ether oxygens (including phenoxy) is 2. The van der Waals surface area contributed by atoms with E-state index in [1.165, 1.54) is 11.1 Å². The van der Waals surface area contributed by atoms with Crippen LogP contribution < -0.4 is 4.74 Å². The van der Waals surface area contributed by atoms with Gasteiger partial charge in [-0.05, 0) is 48.6 Å². The van der Waals surface area contributed by atoms with Crippen LogP contribution in [0.5, 0.6) is 5.75 Å². The number of nitrogens with zero attached hydrogens (tertiary/aromatic N) is 5. The van der Waals surface area contributed by atoms with Crippen LogP contribution >= 0.6 is 0 Å². The summed E-state index contributed by atoms with van der Waals surface area (Å²) in [5.41, 5.74) is 2.20. The van der Waals surface area contributed by atoms with Gasteiger partial charge < -0.3 is 24.0 Å². The summed E-state index contributed by atoms with van der Waals surface area (Å²) < 4.78 is 16.0. The standard InChI is InChI=1S/C23H27N5O3.CH2O2/c1-26-13-9-24-21(26)17-30-19-3-4-20-18(15-19)5-14-31-23(20)6-11-27(12-7-23)22(29)16-28-10-2-8-25-28;2-1-3/h2-4,8-10,13,15H,5-7,11-12,14,16-17H2,1H3;1H,(H,2,3). The van der Waals surface area contributed by atoms with Crippen LogP contribution in [-0.4, -0.2) is 61.4 Å². The highest BCUT2D eigenvalue weighted by atomic mass is 16.5. The number of aryl methyl sites for hydroxylation is 1. The van der Waals surface area contributed by atoms with Crippen molar-refractivity contribution in [3.8, 4) is 5.75 Å². The van der Waals surface area contributed by atoms with Crippen molar-refractivity contribution in [3.05, 3.63) is 66.0 Å². The highest BCUT2D eigenvalue weighted by Crippen LogP contribution is 2.42. The van der Waals surface area contributed by atoms with Crippen LogP contribution in [0.1, 0.15) is 29.8 Å². The van der Waals surface area contributed by atoms with Crippen molar-refractivity contribution in [3.63, 3.8) is 0 Å². The third-order valence-corrected chi connectivity index (χ3v) is 6.39. The first-order valence-corrected chi connectivity index (χ1v) is 11.2. The van der Waals surface area contributed by atoms with E-state index in [-0.39, 0.29) is 24.5 Å². The first-order valence-electron chi connectivity index (χ1n) is 11.2. The maximum atomic E-state index is 12.6. The summed E-state index contributed by atoms with van der Waals surface area (Å²) in [6, 6.07) is 8.13. The molecule has 0 atom stereocenters. The Morgan fingerprint density at radius 1 is 1.26 bits per heavy atom. The molecule has 0 saturated carbocycles. The van der Waals surface area contributed by atoms with Crippen LogP contribution in [0, 0.1) is 0 Å². The van der Waals surface area contributed by atoms with Crippen LogP contribution in [0.3, 0.4) is 0 Å². The fourth-order valence-corrected chi connectivity index (χ4v) is 4.59. The van der Waals surface area contributed by atoms with Crippen molar-refractivity contribution in [1.29, 1.82) is 0 Å². The summed E-state index contributed by atoms with van der Waals surface area (Å²) in [5, 5.41) is 11.0. The number of hydrogen-bond donors (Lipinski definition) is 1. The molecule has 3 aromatic rings. The van der Waals surface area contributed by atoms with E-state index in [2.05, 4.69) is 22.2 Å². The third-order valence-electron chi connectivity index (χ3n) is 6.39. The SMILES string of the molecule is Cn1ccnc1COc1ccc2c(c1)CCOC21CCN(C(=O)Cn2cccn2)CC1.O=CO. The van der Waals surface area contributed by atoms with Gasteiger partial charge in [0.2, 0.25) is 5.91 Å². The number of carboxylic acid groups (broad SMARTS) is 1. The molecule has 1 spiro atoms. The fraction of sp³-hybridized carbons (Fsp3) is 0.417. The Balaban J connectivity index is 0.000000868. The minimum absolute atomic E-state index is 0.104. The summed E-state index contributed by atoms with van der Waals surface area (Å²) in [5.74, 6) is 1.85. The Morgan fingerprint density at radius 3 is 2.74 bits per heavy atom. The summed E-state index contributed by atoms with van der Waals surface area (Å²) in [7, 11) is 1.96. The van der Waals surface area contributed by atoms with Crippen LogP contribution in [0.2, 0.25) is 0 Å². The van der Waals surface area contributed by atoms with E-state index in [0.717, 1.165) is 30.8 Å². The zero-order chi connectivity index (χ0) is 24.0. The van der Waals surface area contributed by atoms with E-state index in [1.54, 1.807) is 17.1 Å². The Hall–Kier alpha value is -3.66. The molecule has 0 bridgehead atoms. The second-order valence-electron chi connectivity index (χ2n) is 8.34. The average molecular weight is 468 g/mol. The molecule has 0 radical (unpaired) electrons. The highest BCUT2D eigenvalue weighted by Gasteiger charge is 2.41. The second-order valence-corrected chi connectivity index (χ2v) is 8.34. The van der Waals surface area contributed by atoms with Gasteiger partial charge in [0.25, 0.3) is 6.47 Å². The van der Waals surface area contributed by atoms with Gasteiger partial charge >= 0.3 is 0 Å². The number of imidazole rings is 1. The van der Waals surface area contributed by atoms with E-state index in [1.807, 2.05) is 41.0 Å². The largest absolute Gasteiger partial charge is 0.486 e. The quantitative estimate of drug-likeness (QED) is 0.571. The molecular weight excluding hydrogens is 438 g/mol. The molecule has 0 unspecified atom stereocenters. The molecule has 4 heterocycles. The second kappa shape index (κ2) is 10.5. The van der Waals surface area contributed by atoms with Crippen molar-refractivity contribution in [2.75, 3.05) is 19.7 Å². The monoisotopic (exact) mass is 467 g/mol. The van der Waals surface area contributed by atoms with Gasteiger partial charge in [0.15, 0.2) is 0 Å². The smallest absolute Gasteiger partial charge is 0.290 e. The molecule has 1 fully saturated rings. The summed E-state index contributed by atoms with van der Waals surface area (Å²) in [4.78, 5) is 27.2. The molecule has 1 amide bonds. The van der Waals surface area contributed by atoms with E-state index in [4.69, 9.17) is 19.4 Å². The predicted octanol–water partition coefficient (Wildman–Crippen LogP) is 1.99. The number of rotatable bonds is 5. The summed E-state index contributed by atoms with van der Waals surface area (Å²) >= 11 is 0. The molecule has 0 aliphatic carbocycles. The van der Waals surface area contributed by atoms with Gasteiger partial charge in [-0.1, -0.05) is 6.07 Å². The number of hydrogen-bond acceptors (Lipinski definition) is 6. The number of benzene rings is 1. The molecule has 1 N–H and O–H groups in total. The normalized spacial score (nSPS) is 16.3. The van der Waals surface area contributed by atoms with Gasteiger partial charge in [-0.3, -0.25) is 14.3 Å². The molecule has 1 saturated heterocycles. The summed E-state index contributed by atoms with van der Waals surface area (Å²) in [6.45, 7) is 2.55. The van der Waals surface area contributed by atoms with Gasteiger partial charge in [0.1, 0.15) is 24.7 Å². The topological polar surface area (TPSA) is 112 Å². The summed E-state index contributed by atoms with van der Waals surface area (Å²) in [6.07, 6.45) is 9.68.